The minimum Gasteiger partial charge on any atom is -0.400 e. The number of hydrogen-bond donors (Lipinski definition) is 5. The second-order valence-electron chi connectivity index (χ2n) is 7.14. The number of hydrogen-bond acceptors (Lipinski definition) is 6. The van der Waals surface area contributed by atoms with E-state index in [0.29, 0.717) is 18.4 Å². The minimum atomic E-state index is -0.0452. The van der Waals surface area contributed by atoms with E-state index in [1.54, 1.807) is 7.05 Å². The van der Waals surface area contributed by atoms with E-state index in [9.17, 15) is 5.11 Å². The third-order valence-corrected chi connectivity index (χ3v) is 4.70. The Morgan fingerprint density at radius 2 is 1.77 bits per heavy atom. The van der Waals surface area contributed by atoms with Crippen molar-refractivity contribution in [2.75, 3.05) is 27.5 Å². The van der Waals surface area contributed by atoms with Crippen molar-refractivity contribution in [3.63, 3.8) is 0 Å². The molecule has 0 unspecified atom stereocenters. The molecule has 6 nitrogen and oxygen atoms in total. The predicted octanol–water partition coefficient (Wildman–Crippen LogP) is 3.43. The molecule has 6 heteroatoms. The number of ether oxygens (including phenoxy) is 1. The first kappa shape index (κ1) is 25.7. The quantitative estimate of drug-likeness (QED) is 0.259. The lowest BCUT2D eigenvalue weighted by Gasteiger charge is -2.11. The lowest BCUT2D eigenvalue weighted by atomic mass is 9.99. The van der Waals surface area contributed by atoms with Crippen LogP contribution in [-0.2, 0) is 11.3 Å². The van der Waals surface area contributed by atoms with Crippen molar-refractivity contribution in [2.45, 2.75) is 33.3 Å². The van der Waals surface area contributed by atoms with Gasteiger partial charge in [0, 0.05) is 24.3 Å². The second-order valence-corrected chi connectivity index (χ2v) is 7.14. The Labute approximate surface area is 179 Å². The lowest BCUT2D eigenvalue weighted by molar-refractivity contribution is 0.157. The van der Waals surface area contributed by atoms with Gasteiger partial charge in [-0.2, -0.15) is 0 Å². The normalized spacial score (nSPS) is 12.2. The van der Waals surface area contributed by atoms with Crippen LogP contribution >= 0.6 is 0 Å². The molecule has 0 bridgehead atoms. The molecule has 0 amide bonds. The Morgan fingerprint density at radius 1 is 1.10 bits per heavy atom. The number of aliphatic hydroxyl groups is 2. The van der Waals surface area contributed by atoms with Gasteiger partial charge in [0.25, 0.3) is 0 Å². The van der Waals surface area contributed by atoms with Gasteiger partial charge in [-0.1, -0.05) is 48.0 Å². The Bertz CT molecular complexity index is 817. The SMILES string of the molecule is CNCOCC(=N)c1cccc(C)c1CO.CO.Cc1cccc(C(=N)C2CC2)c1. The number of rotatable bonds is 8. The van der Waals surface area contributed by atoms with Crippen molar-refractivity contribution in [3.05, 3.63) is 70.3 Å². The van der Waals surface area contributed by atoms with Gasteiger partial charge in [-0.05, 0) is 50.4 Å². The molecule has 2 aromatic rings. The summed E-state index contributed by atoms with van der Waals surface area (Å²) in [5, 5.41) is 34.8. The number of nitrogens with one attached hydrogen (secondary N) is 3. The van der Waals surface area contributed by atoms with Gasteiger partial charge in [-0.15, -0.1) is 0 Å². The van der Waals surface area contributed by atoms with Crippen LogP contribution in [0.2, 0.25) is 0 Å². The minimum absolute atomic E-state index is 0.0452. The highest BCUT2D eigenvalue weighted by Gasteiger charge is 2.26. The van der Waals surface area contributed by atoms with E-state index in [-0.39, 0.29) is 13.2 Å². The summed E-state index contributed by atoms with van der Waals surface area (Å²) in [6.07, 6.45) is 2.43. The van der Waals surface area contributed by atoms with Crippen LogP contribution in [0, 0.1) is 30.6 Å². The summed E-state index contributed by atoms with van der Waals surface area (Å²) in [5.41, 5.74) is 6.15. The largest absolute Gasteiger partial charge is 0.400 e. The summed E-state index contributed by atoms with van der Waals surface area (Å²) >= 11 is 0. The van der Waals surface area contributed by atoms with Crippen LogP contribution in [0.25, 0.3) is 0 Å². The summed E-state index contributed by atoms with van der Waals surface area (Å²) in [7, 11) is 2.79. The lowest BCUT2D eigenvalue weighted by Crippen LogP contribution is -2.18. The van der Waals surface area contributed by atoms with Crippen molar-refractivity contribution in [1.29, 1.82) is 10.8 Å². The maximum absolute atomic E-state index is 9.27. The maximum Gasteiger partial charge on any atom is 0.0968 e. The summed E-state index contributed by atoms with van der Waals surface area (Å²) in [6.45, 7) is 4.62. The van der Waals surface area contributed by atoms with Gasteiger partial charge in [0.15, 0.2) is 0 Å². The molecule has 0 atom stereocenters. The van der Waals surface area contributed by atoms with E-state index in [0.717, 1.165) is 35.1 Å². The highest BCUT2D eigenvalue weighted by atomic mass is 16.5. The van der Waals surface area contributed by atoms with E-state index in [4.69, 9.17) is 20.7 Å². The topological polar surface area (TPSA) is 109 Å². The molecule has 0 aliphatic heterocycles. The first-order valence-electron chi connectivity index (χ1n) is 10.1. The van der Waals surface area contributed by atoms with Gasteiger partial charge in [-0.3, -0.25) is 5.32 Å². The summed E-state index contributed by atoms with van der Waals surface area (Å²) in [5.74, 6) is 0.562. The van der Waals surface area contributed by atoms with Gasteiger partial charge in [0.05, 0.1) is 25.7 Å². The Morgan fingerprint density at radius 3 is 2.33 bits per heavy atom. The van der Waals surface area contributed by atoms with Crippen LogP contribution in [0.5, 0.6) is 0 Å². The third kappa shape index (κ3) is 8.16. The predicted molar refractivity (Wildman–Crippen MR) is 123 cm³/mol. The van der Waals surface area contributed by atoms with E-state index < -0.39 is 0 Å². The van der Waals surface area contributed by atoms with Gasteiger partial charge >= 0.3 is 0 Å². The molecule has 0 heterocycles. The van der Waals surface area contributed by atoms with Gasteiger partial charge in [0.2, 0.25) is 0 Å². The van der Waals surface area contributed by atoms with E-state index in [1.165, 1.54) is 18.4 Å². The summed E-state index contributed by atoms with van der Waals surface area (Å²) < 4.78 is 5.22. The van der Waals surface area contributed by atoms with Crippen molar-refractivity contribution in [2.24, 2.45) is 5.92 Å². The van der Waals surface area contributed by atoms with Crippen molar-refractivity contribution < 1.29 is 14.9 Å². The van der Waals surface area contributed by atoms with Crippen molar-refractivity contribution in [3.8, 4) is 0 Å². The molecule has 1 fully saturated rings. The molecule has 1 aliphatic rings. The Hall–Kier alpha value is -2.38. The highest BCUT2D eigenvalue weighted by Crippen LogP contribution is 2.32. The van der Waals surface area contributed by atoms with Crippen LogP contribution in [0.3, 0.4) is 0 Å². The highest BCUT2D eigenvalue weighted by molar-refractivity contribution is 6.01. The molecule has 3 rings (SSSR count). The van der Waals surface area contributed by atoms with Crippen molar-refractivity contribution in [1.82, 2.24) is 5.32 Å². The third-order valence-electron chi connectivity index (χ3n) is 4.70. The van der Waals surface area contributed by atoms with Crippen LogP contribution < -0.4 is 5.32 Å². The summed E-state index contributed by atoms with van der Waals surface area (Å²) in [4.78, 5) is 0. The zero-order valence-electron chi connectivity index (χ0n) is 18.5. The zero-order valence-corrected chi connectivity index (χ0v) is 18.5. The smallest absolute Gasteiger partial charge is 0.0968 e. The summed E-state index contributed by atoms with van der Waals surface area (Å²) in [6, 6.07) is 13.9. The van der Waals surface area contributed by atoms with Crippen LogP contribution in [0.15, 0.2) is 42.5 Å². The van der Waals surface area contributed by atoms with E-state index >= 15 is 0 Å². The van der Waals surface area contributed by atoms with E-state index in [2.05, 4.69) is 24.4 Å². The van der Waals surface area contributed by atoms with E-state index in [1.807, 2.05) is 37.3 Å². The fraction of sp³-hybridized carbons (Fsp3) is 0.417. The zero-order chi connectivity index (χ0) is 22.5. The van der Waals surface area contributed by atoms with Gasteiger partial charge in [0.1, 0.15) is 0 Å². The fourth-order valence-corrected chi connectivity index (χ4v) is 2.95. The molecular formula is C24H35N3O3. The molecule has 0 aromatic heterocycles. The number of benzene rings is 2. The second kappa shape index (κ2) is 13.8. The average Bonchev–Trinajstić information content (AvgIpc) is 3.60. The van der Waals surface area contributed by atoms with Crippen LogP contribution in [0.1, 0.15) is 40.7 Å². The standard InChI is InChI=1S/C12H18N2O2.C11H13N.CH4O/c1-9-4-3-5-10(11(9)6-15)12(13)7-16-8-14-2;1-8-3-2-4-10(7-8)11(12)9-5-6-9;1-2/h3-5,13-15H,6-8H2,1-2H3;2-4,7,9,12H,5-6H2,1H3;2H,1H3. The molecule has 5 N–H and O–H groups in total. The Balaban J connectivity index is 0.000000285. The first-order chi connectivity index (χ1) is 14.5. The molecule has 0 radical (unpaired) electrons. The van der Waals surface area contributed by atoms with Gasteiger partial charge in [-0.25, -0.2) is 0 Å². The Kier molecular flexibility index (Phi) is 11.8. The van der Waals surface area contributed by atoms with Crippen LogP contribution in [0.4, 0.5) is 0 Å². The fourth-order valence-electron chi connectivity index (χ4n) is 2.95. The number of aliphatic hydroxyl groups excluding tert-OH is 2. The molecule has 1 saturated carbocycles. The molecule has 164 valence electrons. The van der Waals surface area contributed by atoms with Crippen molar-refractivity contribution >= 4 is 11.4 Å². The molecule has 1 aliphatic carbocycles. The van der Waals surface area contributed by atoms with Crippen LogP contribution in [-0.4, -0.2) is 49.1 Å². The average molecular weight is 414 g/mol. The molecule has 0 saturated heterocycles. The molecular weight excluding hydrogens is 378 g/mol. The van der Waals surface area contributed by atoms with Gasteiger partial charge < -0.3 is 25.8 Å². The monoisotopic (exact) mass is 413 g/mol. The molecule has 30 heavy (non-hydrogen) atoms. The first-order valence-corrected chi connectivity index (χ1v) is 10.1. The molecule has 0 spiro atoms. The molecule has 2 aromatic carbocycles. The number of aryl methyl sites for hydroxylation is 2. The maximum atomic E-state index is 9.27.